The van der Waals surface area contributed by atoms with Gasteiger partial charge in [0, 0.05) is 18.4 Å². The lowest BCUT2D eigenvalue weighted by Gasteiger charge is -2.14. The second-order valence-electron chi connectivity index (χ2n) is 5.15. The summed E-state index contributed by atoms with van der Waals surface area (Å²) >= 11 is 0. The molecule has 0 saturated carbocycles. The molecule has 3 rings (SSSR count). The zero-order valence-corrected chi connectivity index (χ0v) is 11.5. The largest absolute Gasteiger partial charge is 0.498 e. The monoisotopic (exact) mass is 266 g/mol. The number of rotatable bonds is 4. The Hall–Kier alpha value is -2.09. The van der Waals surface area contributed by atoms with E-state index in [4.69, 9.17) is 4.74 Å². The summed E-state index contributed by atoms with van der Waals surface area (Å²) in [5, 5.41) is 2.29. The molecule has 0 N–H and O–H groups in total. The lowest BCUT2D eigenvalue weighted by atomic mass is 10.0. The molecule has 2 aromatic carbocycles. The molecular formula is C18H18O2. The average Bonchev–Trinajstić information content (AvgIpc) is 2.53. The van der Waals surface area contributed by atoms with Crippen LogP contribution in [-0.2, 0) is 4.74 Å². The van der Waals surface area contributed by atoms with Gasteiger partial charge in [0.1, 0.15) is 0 Å². The SMILES string of the molecule is O=C(CCC1=CCCCO1)c1ccc2ccccc2c1. The number of hydrogen-bond acceptors (Lipinski definition) is 2. The van der Waals surface area contributed by atoms with Crippen molar-refractivity contribution in [3.05, 3.63) is 59.9 Å². The second-order valence-corrected chi connectivity index (χ2v) is 5.15. The standard InChI is InChI=1S/C18H18O2/c19-18(11-10-17-7-3-4-12-20-17)16-9-8-14-5-1-2-6-15(14)13-16/h1-2,5-9,13H,3-4,10-12H2. The molecule has 2 heteroatoms. The van der Waals surface area contributed by atoms with Crippen LogP contribution < -0.4 is 0 Å². The number of carbonyl (C=O) groups is 1. The average molecular weight is 266 g/mol. The van der Waals surface area contributed by atoms with Crippen LogP contribution in [0, 0.1) is 0 Å². The van der Waals surface area contributed by atoms with Gasteiger partial charge in [0.2, 0.25) is 0 Å². The third kappa shape index (κ3) is 2.90. The fourth-order valence-corrected chi connectivity index (χ4v) is 2.53. The molecule has 1 heterocycles. The first-order valence-corrected chi connectivity index (χ1v) is 7.17. The molecule has 1 aliphatic rings. The number of fused-ring (bicyclic) bond motifs is 1. The number of ketones is 1. The summed E-state index contributed by atoms with van der Waals surface area (Å²) in [6.07, 6.45) is 5.49. The van der Waals surface area contributed by atoms with Gasteiger partial charge in [-0.05, 0) is 35.8 Å². The number of allylic oxidation sites excluding steroid dienone is 2. The fraction of sp³-hybridized carbons (Fsp3) is 0.278. The maximum absolute atomic E-state index is 12.2. The Balaban J connectivity index is 1.70. The first-order valence-electron chi connectivity index (χ1n) is 7.17. The van der Waals surface area contributed by atoms with Crippen LogP contribution in [0.3, 0.4) is 0 Å². The van der Waals surface area contributed by atoms with E-state index < -0.39 is 0 Å². The predicted molar refractivity (Wildman–Crippen MR) is 80.8 cm³/mol. The van der Waals surface area contributed by atoms with E-state index in [2.05, 4.69) is 12.1 Å². The van der Waals surface area contributed by atoms with Crippen molar-refractivity contribution in [2.24, 2.45) is 0 Å². The van der Waals surface area contributed by atoms with Gasteiger partial charge in [-0.3, -0.25) is 4.79 Å². The summed E-state index contributed by atoms with van der Waals surface area (Å²) in [6.45, 7) is 0.788. The van der Waals surface area contributed by atoms with Gasteiger partial charge in [-0.15, -0.1) is 0 Å². The Morgan fingerprint density at radius 2 is 1.95 bits per heavy atom. The number of hydrogen-bond donors (Lipinski definition) is 0. The van der Waals surface area contributed by atoms with E-state index in [0.717, 1.165) is 36.2 Å². The molecule has 0 aromatic heterocycles. The molecule has 102 valence electrons. The molecule has 0 aliphatic carbocycles. The van der Waals surface area contributed by atoms with Gasteiger partial charge in [-0.25, -0.2) is 0 Å². The second kappa shape index (κ2) is 5.91. The van der Waals surface area contributed by atoms with Gasteiger partial charge < -0.3 is 4.74 Å². The van der Waals surface area contributed by atoms with Gasteiger partial charge >= 0.3 is 0 Å². The minimum absolute atomic E-state index is 0.186. The Morgan fingerprint density at radius 3 is 2.75 bits per heavy atom. The van der Waals surface area contributed by atoms with Crippen LogP contribution in [0.2, 0.25) is 0 Å². The van der Waals surface area contributed by atoms with Crippen LogP contribution in [0.15, 0.2) is 54.3 Å². The minimum atomic E-state index is 0.186. The van der Waals surface area contributed by atoms with E-state index >= 15 is 0 Å². The fourth-order valence-electron chi connectivity index (χ4n) is 2.53. The maximum atomic E-state index is 12.2. The highest BCUT2D eigenvalue weighted by atomic mass is 16.5. The van der Waals surface area contributed by atoms with E-state index in [9.17, 15) is 4.79 Å². The molecule has 0 bridgehead atoms. The molecule has 0 fully saturated rings. The number of ether oxygens (including phenoxy) is 1. The predicted octanol–water partition coefficient (Wildman–Crippen LogP) is 4.50. The van der Waals surface area contributed by atoms with Crippen LogP contribution in [0.4, 0.5) is 0 Å². The van der Waals surface area contributed by atoms with Gasteiger partial charge in [-0.1, -0.05) is 36.4 Å². The Morgan fingerprint density at radius 1 is 1.10 bits per heavy atom. The lowest BCUT2D eigenvalue weighted by molar-refractivity contribution is 0.0970. The third-order valence-corrected chi connectivity index (χ3v) is 3.68. The van der Waals surface area contributed by atoms with Gasteiger partial charge in [0.15, 0.2) is 5.78 Å². The molecule has 0 unspecified atom stereocenters. The Bertz CT molecular complexity index is 655. The number of Topliss-reactive ketones (excluding diaryl/α,β-unsaturated/α-hetero) is 1. The zero-order chi connectivity index (χ0) is 13.8. The summed E-state index contributed by atoms with van der Waals surface area (Å²) in [5.74, 6) is 1.16. The van der Waals surface area contributed by atoms with Crippen molar-refractivity contribution >= 4 is 16.6 Å². The summed E-state index contributed by atoms with van der Waals surface area (Å²) in [7, 11) is 0. The van der Waals surface area contributed by atoms with Crippen molar-refractivity contribution in [2.45, 2.75) is 25.7 Å². The molecule has 2 nitrogen and oxygen atoms in total. The zero-order valence-electron chi connectivity index (χ0n) is 11.5. The highest BCUT2D eigenvalue weighted by Gasteiger charge is 2.10. The summed E-state index contributed by atoms with van der Waals surface area (Å²) in [5.41, 5.74) is 0.792. The summed E-state index contributed by atoms with van der Waals surface area (Å²) in [6, 6.07) is 14.0. The summed E-state index contributed by atoms with van der Waals surface area (Å²) in [4.78, 5) is 12.2. The maximum Gasteiger partial charge on any atom is 0.163 e. The molecule has 2 aromatic rings. The topological polar surface area (TPSA) is 26.3 Å². The van der Waals surface area contributed by atoms with Crippen LogP contribution in [0.1, 0.15) is 36.0 Å². The molecule has 0 atom stereocenters. The normalized spacial score (nSPS) is 14.7. The Labute approximate surface area is 119 Å². The van der Waals surface area contributed by atoms with Crippen LogP contribution in [0.5, 0.6) is 0 Å². The molecule has 0 spiro atoms. The van der Waals surface area contributed by atoms with Crippen molar-refractivity contribution < 1.29 is 9.53 Å². The van der Waals surface area contributed by atoms with E-state index in [1.165, 1.54) is 5.39 Å². The van der Waals surface area contributed by atoms with Crippen molar-refractivity contribution in [1.29, 1.82) is 0 Å². The first kappa shape index (κ1) is 12.9. The van der Waals surface area contributed by atoms with Crippen LogP contribution in [0.25, 0.3) is 10.8 Å². The molecular weight excluding hydrogens is 248 g/mol. The van der Waals surface area contributed by atoms with Crippen molar-refractivity contribution in [3.8, 4) is 0 Å². The number of carbonyl (C=O) groups excluding carboxylic acids is 1. The number of benzene rings is 2. The van der Waals surface area contributed by atoms with E-state index in [1.807, 2.05) is 36.4 Å². The van der Waals surface area contributed by atoms with Crippen molar-refractivity contribution in [1.82, 2.24) is 0 Å². The Kier molecular flexibility index (Phi) is 3.82. The highest BCUT2D eigenvalue weighted by molar-refractivity contribution is 6.00. The first-order chi connectivity index (χ1) is 9.83. The van der Waals surface area contributed by atoms with E-state index in [0.29, 0.717) is 12.8 Å². The van der Waals surface area contributed by atoms with E-state index in [-0.39, 0.29) is 5.78 Å². The van der Waals surface area contributed by atoms with Crippen molar-refractivity contribution in [3.63, 3.8) is 0 Å². The minimum Gasteiger partial charge on any atom is -0.498 e. The van der Waals surface area contributed by atoms with Gasteiger partial charge in [0.05, 0.1) is 12.4 Å². The summed E-state index contributed by atoms with van der Waals surface area (Å²) < 4.78 is 5.54. The third-order valence-electron chi connectivity index (χ3n) is 3.68. The van der Waals surface area contributed by atoms with Crippen LogP contribution in [-0.4, -0.2) is 12.4 Å². The molecule has 0 saturated heterocycles. The molecule has 20 heavy (non-hydrogen) atoms. The molecule has 1 aliphatic heterocycles. The van der Waals surface area contributed by atoms with E-state index in [1.54, 1.807) is 0 Å². The molecule has 0 radical (unpaired) electrons. The van der Waals surface area contributed by atoms with Gasteiger partial charge in [0.25, 0.3) is 0 Å². The van der Waals surface area contributed by atoms with Gasteiger partial charge in [-0.2, -0.15) is 0 Å². The molecule has 0 amide bonds. The lowest BCUT2D eigenvalue weighted by Crippen LogP contribution is -2.05. The smallest absolute Gasteiger partial charge is 0.163 e. The quantitative estimate of drug-likeness (QED) is 0.762. The van der Waals surface area contributed by atoms with Crippen LogP contribution >= 0.6 is 0 Å². The highest BCUT2D eigenvalue weighted by Crippen LogP contribution is 2.19. The van der Waals surface area contributed by atoms with Crippen molar-refractivity contribution in [2.75, 3.05) is 6.61 Å².